The minimum Gasteiger partial charge on any atom is -0.308 e. The zero-order chi connectivity index (χ0) is 31.8. The third kappa shape index (κ3) is 3.44. The van der Waals surface area contributed by atoms with Gasteiger partial charge in [0.25, 0.3) is 0 Å². The molecule has 2 aromatic heterocycles. The Hall–Kier alpha value is -6.44. The summed E-state index contributed by atoms with van der Waals surface area (Å²) in [4.78, 5) is 0. The SMILES string of the molecule is c1cc(-c2cc3ccc4cccc5ccc(c2)c3c45)cc(-c2cc3c4cc5ccccc5cc4n4c5cc6ccccc6cc5c(c2)c34)c1. The van der Waals surface area contributed by atoms with Gasteiger partial charge in [0.15, 0.2) is 0 Å². The quantitative estimate of drug-likeness (QED) is 0.170. The number of rotatable bonds is 2. The summed E-state index contributed by atoms with van der Waals surface area (Å²) in [6, 6.07) is 61.5. The first kappa shape index (κ1) is 25.6. The second kappa shape index (κ2) is 9.13. The van der Waals surface area contributed by atoms with E-state index >= 15 is 0 Å². The molecule has 224 valence electrons. The first-order valence-electron chi connectivity index (χ1n) is 17.1. The van der Waals surface area contributed by atoms with E-state index < -0.39 is 0 Å². The number of nitrogens with zero attached hydrogens (tertiary/aromatic N) is 1. The lowest BCUT2D eigenvalue weighted by Crippen LogP contribution is -1.86. The molecule has 0 saturated heterocycles. The van der Waals surface area contributed by atoms with Crippen molar-refractivity contribution in [2.24, 2.45) is 0 Å². The van der Waals surface area contributed by atoms with Crippen LogP contribution < -0.4 is 0 Å². The number of benzene rings is 10. The third-order valence-electron chi connectivity index (χ3n) is 11.1. The van der Waals surface area contributed by atoms with E-state index in [1.54, 1.807) is 0 Å². The van der Waals surface area contributed by atoms with Crippen LogP contribution in [-0.4, -0.2) is 4.40 Å². The molecule has 0 aliphatic carbocycles. The number of fused-ring (bicyclic) bond motifs is 8. The third-order valence-corrected chi connectivity index (χ3v) is 11.1. The topological polar surface area (TPSA) is 4.41 Å². The van der Waals surface area contributed by atoms with Gasteiger partial charge in [-0.1, -0.05) is 109 Å². The van der Waals surface area contributed by atoms with E-state index in [1.165, 1.54) is 114 Å². The molecule has 0 fully saturated rings. The Kier molecular flexibility index (Phi) is 4.77. The van der Waals surface area contributed by atoms with Crippen molar-refractivity contribution < 1.29 is 0 Å². The molecule has 0 aliphatic heterocycles. The van der Waals surface area contributed by atoms with Crippen molar-refractivity contribution in [2.75, 3.05) is 0 Å². The maximum Gasteiger partial charge on any atom is 0.0620 e. The molecule has 1 nitrogen and oxygen atoms in total. The van der Waals surface area contributed by atoms with E-state index in [4.69, 9.17) is 0 Å². The van der Waals surface area contributed by atoms with Gasteiger partial charge < -0.3 is 4.40 Å². The fourth-order valence-corrected chi connectivity index (χ4v) is 8.88. The molecular weight excluding hydrogens is 591 g/mol. The van der Waals surface area contributed by atoms with Crippen molar-refractivity contribution in [3.05, 3.63) is 164 Å². The van der Waals surface area contributed by atoms with E-state index in [1.807, 2.05) is 0 Å². The van der Waals surface area contributed by atoms with Crippen LogP contribution in [0, 0.1) is 0 Å². The standard InChI is InChI=1S/C48H27N/c1-3-9-34-26-44-40(22-32(34)7-1)42-24-39(25-43-41-23-33-8-2-4-10-35(33)27-45(41)49(44)48(42)43)31-14-6-13-30(19-31)38-20-36-17-15-28-11-5-12-29-16-18-37(21-38)47(36)46(28)29/h1-27H. The van der Waals surface area contributed by atoms with E-state index in [-0.39, 0.29) is 0 Å². The van der Waals surface area contributed by atoms with Gasteiger partial charge in [0.05, 0.1) is 16.6 Å². The average molecular weight is 618 g/mol. The first-order chi connectivity index (χ1) is 24.2. The Morgan fingerprint density at radius 3 is 1.24 bits per heavy atom. The molecule has 2 heterocycles. The van der Waals surface area contributed by atoms with Crippen LogP contribution in [0.1, 0.15) is 0 Å². The van der Waals surface area contributed by atoms with Crippen LogP contribution in [0.5, 0.6) is 0 Å². The molecule has 49 heavy (non-hydrogen) atoms. The normalized spacial score (nSPS) is 12.5. The minimum absolute atomic E-state index is 1.23. The van der Waals surface area contributed by atoms with E-state index in [9.17, 15) is 0 Å². The zero-order valence-electron chi connectivity index (χ0n) is 26.5. The van der Waals surface area contributed by atoms with Gasteiger partial charge >= 0.3 is 0 Å². The maximum atomic E-state index is 2.51. The Balaban J connectivity index is 1.13. The van der Waals surface area contributed by atoms with Gasteiger partial charge in [-0.15, -0.1) is 0 Å². The van der Waals surface area contributed by atoms with Gasteiger partial charge in [-0.25, -0.2) is 0 Å². The predicted octanol–water partition coefficient (Wildman–Crippen LogP) is 13.4. The fourth-order valence-electron chi connectivity index (χ4n) is 8.88. The molecule has 0 N–H and O–H groups in total. The van der Waals surface area contributed by atoms with Crippen LogP contribution in [0.15, 0.2) is 164 Å². The summed E-state index contributed by atoms with van der Waals surface area (Å²) < 4.78 is 2.51. The minimum atomic E-state index is 1.23. The fraction of sp³-hybridized carbons (Fsp3) is 0. The second-order valence-corrected chi connectivity index (χ2v) is 13.8. The lowest BCUT2D eigenvalue weighted by molar-refractivity contribution is 1.38. The van der Waals surface area contributed by atoms with E-state index in [0.717, 1.165) is 0 Å². The van der Waals surface area contributed by atoms with Gasteiger partial charge in [-0.3, -0.25) is 0 Å². The van der Waals surface area contributed by atoms with Gasteiger partial charge in [0.1, 0.15) is 0 Å². The van der Waals surface area contributed by atoms with Gasteiger partial charge in [-0.05, 0) is 131 Å². The average Bonchev–Trinajstić information content (AvgIpc) is 3.65. The molecule has 12 aromatic rings. The number of hydrogen-bond acceptors (Lipinski definition) is 0. The molecule has 0 spiro atoms. The molecule has 12 rings (SSSR count). The Labute approximate surface area is 281 Å². The Morgan fingerprint density at radius 1 is 0.265 bits per heavy atom. The van der Waals surface area contributed by atoms with Crippen molar-refractivity contribution in [3.8, 4) is 22.3 Å². The summed E-state index contributed by atoms with van der Waals surface area (Å²) in [6.45, 7) is 0. The van der Waals surface area contributed by atoms with Crippen LogP contribution >= 0.6 is 0 Å². The molecule has 10 aromatic carbocycles. The summed E-state index contributed by atoms with van der Waals surface area (Å²) in [7, 11) is 0. The Morgan fingerprint density at radius 2 is 0.694 bits per heavy atom. The van der Waals surface area contributed by atoms with Gasteiger partial charge in [-0.2, -0.15) is 0 Å². The molecular formula is C48H27N. The second-order valence-electron chi connectivity index (χ2n) is 13.8. The summed E-state index contributed by atoms with van der Waals surface area (Å²) >= 11 is 0. The summed E-state index contributed by atoms with van der Waals surface area (Å²) in [6.07, 6.45) is 0. The molecule has 0 aliphatic rings. The highest BCUT2D eigenvalue weighted by atomic mass is 14.9. The van der Waals surface area contributed by atoms with Crippen LogP contribution in [0.2, 0.25) is 0 Å². The van der Waals surface area contributed by atoms with Crippen molar-refractivity contribution >= 4 is 92.0 Å². The zero-order valence-corrected chi connectivity index (χ0v) is 26.5. The van der Waals surface area contributed by atoms with E-state index in [2.05, 4.69) is 168 Å². The van der Waals surface area contributed by atoms with Crippen LogP contribution in [0.25, 0.3) is 114 Å². The molecule has 0 bridgehead atoms. The van der Waals surface area contributed by atoms with Crippen molar-refractivity contribution in [1.82, 2.24) is 4.40 Å². The summed E-state index contributed by atoms with van der Waals surface area (Å²) in [5, 5.41) is 18.2. The Bertz CT molecular complexity index is 3140. The number of aromatic nitrogens is 1. The van der Waals surface area contributed by atoms with Gasteiger partial charge in [0, 0.05) is 21.5 Å². The molecule has 0 amide bonds. The largest absolute Gasteiger partial charge is 0.308 e. The van der Waals surface area contributed by atoms with Crippen LogP contribution in [-0.2, 0) is 0 Å². The highest BCUT2D eigenvalue weighted by molar-refractivity contribution is 6.27. The predicted molar refractivity (Wildman–Crippen MR) is 211 cm³/mol. The summed E-state index contributed by atoms with van der Waals surface area (Å²) in [5.41, 5.74) is 8.81. The lowest BCUT2D eigenvalue weighted by Gasteiger charge is -2.13. The maximum absolute atomic E-state index is 2.51. The van der Waals surface area contributed by atoms with Gasteiger partial charge in [0.2, 0.25) is 0 Å². The summed E-state index contributed by atoms with van der Waals surface area (Å²) in [5.74, 6) is 0. The highest BCUT2D eigenvalue weighted by Crippen LogP contribution is 2.44. The highest BCUT2D eigenvalue weighted by Gasteiger charge is 2.20. The first-order valence-corrected chi connectivity index (χ1v) is 17.1. The number of hydrogen-bond donors (Lipinski definition) is 0. The lowest BCUT2D eigenvalue weighted by atomic mass is 9.90. The van der Waals surface area contributed by atoms with Crippen LogP contribution in [0.4, 0.5) is 0 Å². The monoisotopic (exact) mass is 617 g/mol. The van der Waals surface area contributed by atoms with Crippen molar-refractivity contribution in [3.63, 3.8) is 0 Å². The van der Waals surface area contributed by atoms with Crippen molar-refractivity contribution in [1.29, 1.82) is 0 Å². The van der Waals surface area contributed by atoms with Crippen molar-refractivity contribution in [2.45, 2.75) is 0 Å². The molecule has 1 heteroatoms. The molecule has 0 atom stereocenters. The molecule has 0 radical (unpaired) electrons. The molecule has 0 saturated carbocycles. The van der Waals surface area contributed by atoms with Crippen LogP contribution in [0.3, 0.4) is 0 Å². The van der Waals surface area contributed by atoms with E-state index in [0.29, 0.717) is 0 Å². The smallest absolute Gasteiger partial charge is 0.0620 e. The molecule has 0 unspecified atom stereocenters.